The summed E-state index contributed by atoms with van der Waals surface area (Å²) in [5.74, 6) is 0.836. The van der Waals surface area contributed by atoms with Gasteiger partial charge in [-0.15, -0.1) is 11.8 Å². The molecule has 16 heavy (non-hydrogen) atoms. The fraction of sp³-hybridized carbons (Fsp3) is 0.0833. The van der Waals surface area contributed by atoms with Gasteiger partial charge < -0.3 is 5.73 Å². The number of nitrogens with zero attached hydrogens (tertiary/aromatic N) is 1. The molecule has 2 N–H and O–H groups in total. The van der Waals surface area contributed by atoms with Crippen molar-refractivity contribution in [3.8, 4) is 0 Å². The molecule has 0 atom stereocenters. The number of nitrogen functional groups attached to an aromatic ring is 1. The van der Waals surface area contributed by atoms with Gasteiger partial charge in [-0.1, -0.05) is 18.2 Å². The lowest BCUT2D eigenvalue weighted by Gasteiger charge is -2.05. The lowest BCUT2D eigenvalue weighted by atomic mass is 10.2. The lowest BCUT2D eigenvalue weighted by Crippen LogP contribution is -1.92. The summed E-state index contributed by atoms with van der Waals surface area (Å²) in [5.41, 5.74) is 7.86. The summed E-state index contributed by atoms with van der Waals surface area (Å²) < 4.78 is 1.02. The summed E-state index contributed by atoms with van der Waals surface area (Å²) in [6.07, 6.45) is 1.79. The molecule has 0 fully saturated rings. The molecule has 1 aromatic carbocycles. The standard InChI is InChI=1S/C12H11BrN2S/c13-10-5-3-7-15-12(10)16-8-9-4-1-2-6-11(9)14/h1-7H,8,14H2. The quantitative estimate of drug-likeness (QED) is 0.693. The molecule has 0 bridgehead atoms. The van der Waals surface area contributed by atoms with Crippen LogP contribution >= 0.6 is 27.7 Å². The zero-order valence-corrected chi connectivity index (χ0v) is 11.0. The van der Waals surface area contributed by atoms with Gasteiger partial charge >= 0.3 is 0 Å². The Morgan fingerprint density at radius 1 is 1.19 bits per heavy atom. The van der Waals surface area contributed by atoms with Crippen LogP contribution in [0.4, 0.5) is 5.69 Å². The van der Waals surface area contributed by atoms with Crippen LogP contribution in [0.1, 0.15) is 5.56 Å². The third-order valence-corrected chi connectivity index (χ3v) is 4.10. The molecule has 0 aliphatic heterocycles. The zero-order valence-electron chi connectivity index (χ0n) is 8.56. The SMILES string of the molecule is Nc1ccccc1CSc1ncccc1Br. The normalized spacial score (nSPS) is 10.3. The Bertz CT molecular complexity index is 442. The summed E-state index contributed by atoms with van der Waals surface area (Å²) in [6, 6.07) is 11.8. The molecule has 0 saturated heterocycles. The first-order chi connectivity index (χ1) is 7.77. The third kappa shape index (κ3) is 2.77. The van der Waals surface area contributed by atoms with E-state index >= 15 is 0 Å². The predicted octanol–water partition coefficient (Wildman–Crippen LogP) is 3.72. The molecule has 0 unspecified atom stereocenters. The highest BCUT2D eigenvalue weighted by Crippen LogP contribution is 2.28. The minimum Gasteiger partial charge on any atom is -0.398 e. The van der Waals surface area contributed by atoms with E-state index in [0.717, 1.165) is 26.5 Å². The van der Waals surface area contributed by atoms with Crippen LogP contribution in [-0.2, 0) is 5.75 Å². The summed E-state index contributed by atoms with van der Waals surface area (Å²) >= 11 is 5.15. The molecule has 0 aliphatic carbocycles. The number of para-hydroxylation sites is 1. The molecule has 82 valence electrons. The Balaban J connectivity index is 2.09. The Labute approximate surface area is 107 Å². The van der Waals surface area contributed by atoms with Gasteiger partial charge in [-0.2, -0.15) is 0 Å². The highest BCUT2D eigenvalue weighted by molar-refractivity contribution is 9.10. The summed E-state index contributed by atoms with van der Waals surface area (Å²) in [6.45, 7) is 0. The molecule has 4 heteroatoms. The molecule has 1 heterocycles. The maximum Gasteiger partial charge on any atom is 0.110 e. The monoisotopic (exact) mass is 294 g/mol. The first-order valence-corrected chi connectivity index (χ1v) is 6.62. The number of hydrogen-bond donors (Lipinski definition) is 1. The number of nitrogens with two attached hydrogens (primary N) is 1. The van der Waals surface area contributed by atoms with Gasteiger partial charge in [-0.05, 0) is 39.7 Å². The second-order valence-corrected chi connectivity index (χ2v) is 5.10. The lowest BCUT2D eigenvalue weighted by molar-refractivity contribution is 1.11. The van der Waals surface area contributed by atoms with Crippen LogP contribution in [0.15, 0.2) is 52.1 Å². The van der Waals surface area contributed by atoms with Gasteiger partial charge in [-0.25, -0.2) is 4.98 Å². The van der Waals surface area contributed by atoms with Gasteiger partial charge in [-0.3, -0.25) is 0 Å². The molecule has 2 aromatic rings. The van der Waals surface area contributed by atoms with Crippen LogP contribution in [0.2, 0.25) is 0 Å². The van der Waals surface area contributed by atoms with Crippen molar-refractivity contribution < 1.29 is 0 Å². The van der Waals surface area contributed by atoms with Crippen molar-refractivity contribution in [3.63, 3.8) is 0 Å². The topological polar surface area (TPSA) is 38.9 Å². The van der Waals surface area contributed by atoms with Crippen molar-refractivity contribution in [1.29, 1.82) is 0 Å². The average molecular weight is 295 g/mol. The Kier molecular flexibility index (Phi) is 3.85. The highest BCUT2D eigenvalue weighted by atomic mass is 79.9. The number of benzene rings is 1. The fourth-order valence-electron chi connectivity index (χ4n) is 1.29. The van der Waals surface area contributed by atoms with E-state index in [-0.39, 0.29) is 0 Å². The van der Waals surface area contributed by atoms with Crippen molar-refractivity contribution in [3.05, 3.63) is 52.6 Å². The van der Waals surface area contributed by atoms with E-state index in [2.05, 4.69) is 20.9 Å². The molecule has 0 amide bonds. The number of rotatable bonds is 3. The second kappa shape index (κ2) is 5.37. The van der Waals surface area contributed by atoms with Crippen LogP contribution in [0.5, 0.6) is 0 Å². The Hall–Kier alpha value is -1.00. The molecule has 0 radical (unpaired) electrons. The maximum absolute atomic E-state index is 5.88. The summed E-state index contributed by atoms with van der Waals surface area (Å²) in [5, 5.41) is 0.991. The Morgan fingerprint density at radius 3 is 2.75 bits per heavy atom. The number of halogens is 1. The van der Waals surface area contributed by atoms with E-state index in [1.807, 2.05) is 36.4 Å². The smallest absolute Gasteiger partial charge is 0.110 e. The van der Waals surface area contributed by atoms with E-state index < -0.39 is 0 Å². The minimum absolute atomic E-state index is 0.835. The molecular formula is C12H11BrN2S. The Morgan fingerprint density at radius 2 is 2.00 bits per heavy atom. The summed E-state index contributed by atoms with van der Waals surface area (Å²) in [4.78, 5) is 4.30. The fourth-order valence-corrected chi connectivity index (χ4v) is 2.78. The van der Waals surface area contributed by atoms with Crippen molar-refractivity contribution in [2.75, 3.05) is 5.73 Å². The van der Waals surface area contributed by atoms with Gasteiger partial charge in [0.2, 0.25) is 0 Å². The van der Waals surface area contributed by atoms with Crippen LogP contribution in [-0.4, -0.2) is 4.98 Å². The largest absolute Gasteiger partial charge is 0.398 e. The van der Waals surface area contributed by atoms with Crippen LogP contribution < -0.4 is 5.73 Å². The van der Waals surface area contributed by atoms with Crippen molar-refractivity contribution in [2.24, 2.45) is 0 Å². The number of hydrogen-bond acceptors (Lipinski definition) is 3. The average Bonchev–Trinajstić information content (AvgIpc) is 2.30. The van der Waals surface area contributed by atoms with Crippen molar-refractivity contribution >= 4 is 33.4 Å². The highest BCUT2D eigenvalue weighted by Gasteiger charge is 2.03. The van der Waals surface area contributed by atoms with Crippen LogP contribution in [0.3, 0.4) is 0 Å². The van der Waals surface area contributed by atoms with Gasteiger partial charge in [0.15, 0.2) is 0 Å². The molecule has 0 saturated carbocycles. The van der Waals surface area contributed by atoms with Gasteiger partial charge in [0.05, 0.1) is 0 Å². The predicted molar refractivity (Wildman–Crippen MR) is 72.4 cm³/mol. The number of anilines is 1. The first kappa shape index (κ1) is 11.5. The van der Waals surface area contributed by atoms with E-state index in [9.17, 15) is 0 Å². The van der Waals surface area contributed by atoms with Crippen LogP contribution in [0, 0.1) is 0 Å². The van der Waals surface area contributed by atoms with E-state index in [1.165, 1.54) is 0 Å². The van der Waals surface area contributed by atoms with Gasteiger partial charge in [0, 0.05) is 22.1 Å². The maximum atomic E-state index is 5.88. The zero-order chi connectivity index (χ0) is 11.4. The number of thioether (sulfide) groups is 1. The third-order valence-electron chi connectivity index (χ3n) is 2.14. The van der Waals surface area contributed by atoms with Crippen LogP contribution in [0.25, 0.3) is 0 Å². The van der Waals surface area contributed by atoms with E-state index in [0.29, 0.717) is 0 Å². The molecule has 0 spiro atoms. The van der Waals surface area contributed by atoms with E-state index in [1.54, 1.807) is 18.0 Å². The van der Waals surface area contributed by atoms with Crippen molar-refractivity contribution in [1.82, 2.24) is 4.98 Å². The molecule has 0 aliphatic rings. The minimum atomic E-state index is 0.835. The number of aromatic nitrogens is 1. The summed E-state index contributed by atoms with van der Waals surface area (Å²) in [7, 11) is 0. The van der Waals surface area contributed by atoms with E-state index in [4.69, 9.17) is 5.73 Å². The first-order valence-electron chi connectivity index (χ1n) is 4.84. The molecular weight excluding hydrogens is 284 g/mol. The molecule has 2 nitrogen and oxygen atoms in total. The molecule has 1 aromatic heterocycles. The molecule has 2 rings (SSSR count). The van der Waals surface area contributed by atoms with Gasteiger partial charge in [0.25, 0.3) is 0 Å². The number of pyridine rings is 1. The van der Waals surface area contributed by atoms with Gasteiger partial charge in [0.1, 0.15) is 5.03 Å². The second-order valence-electron chi connectivity index (χ2n) is 3.28. The van der Waals surface area contributed by atoms with Crippen molar-refractivity contribution in [2.45, 2.75) is 10.8 Å².